The van der Waals surface area contributed by atoms with E-state index in [4.69, 9.17) is 4.52 Å². The minimum absolute atomic E-state index is 0.133. The van der Waals surface area contributed by atoms with Crippen molar-refractivity contribution < 1.29 is 9.32 Å². The van der Waals surface area contributed by atoms with Crippen molar-refractivity contribution in [2.24, 2.45) is 0 Å². The summed E-state index contributed by atoms with van der Waals surface area (Å²) in [7, 11) is 0. The van der Waals surface area contributed by atoms with Gasteiger partial charge < -0.3 is 14.1 Å². The molecule has 1 N–H and O–H groups in total. The molecule has 24 heavy (non-hydrogen) atoms. The molecule has 0 bridgehead atoms. The van der Waals surface area contributed by atoms with Crippen molar-refractivity contribution in [1.82, 2.24) is 5.16 Å². The number of rotatable bonds is 3. The van der Waals surface area contributed by atoms with E-state index in [-0.39, 0.29) is 5.91 Å². The van der Waals surface area contributed by atoms with Gasteiger partial charge in [0.25, 0.3) is 5.91 Å². The molecule has 0 saturated carbocycles. The predicted molar refractivity (Wildman–Crippen MR) is 97.4 cm³/mol. The zero-order valence-electron chi connectivity index (χ0n) is 13.1. The molecule has 4 rings (SSSR count). The van der Waals surface area contributed by atoms with Crippen molar-refractivity contribution in [2.45, 2.75) is 12.8 Å². The maximum Gasteiger partial charge on any atom is 0.255 e. The number of benzene rings is 2. The van der Waals surface area contributed by atoms with E-state index in [9.17, 15) is 4.79 Å². The summed E-state index contributed by atoms with van der Waals surface area (Å²) in [5.41, 5.74) is 3.14. The zero-order chi connectivity index (χ0) is 16.4. The van der Waals surface area contributed by atoms with E-state index < -0.39 is 0 Å². The lowest BCUT2D eigenvalue weighted by molar-refractivity contribution is 0.102. The molecule has 2 aromatic carbocycles. The summed E-state index contributed by atoms with van der Waals surface area (Å²) in [6.45, 7) is 1.06. The Hall–Kier alpha value is -2.47. The van der Waals surface area contributed by atoms with Crippen LogP contribution in [0.15, 0.2) is 53.2 Å². The van der Waals surface area contributed by atoms with Gasteiger partial charge in [-0.2, -0.15) is 0 Å². The monoisotopic (exact) mass is 339 g/mol. The molecule has 5 nitrogen and oxygen atoms in total. The van der Waals surface area contributed by atoms with Crippen LogP contribution in [0.5, 0.6) is 0 Å². The smallest absolute Gasteiger partial charge is 0.255 e. The van der Waals surface area contributed by atoms with Gasteiger partial charge in [-0.15, -0.1) is 0 Å². The van der Waals surface area contributed by atoms with Crippen molar-refractivity contribution in [2.75, 3.05) is 21.9 Å². The second-order valence-corrected chi connectivity index (χ2v) is 6.83. The Kier molecular flexibility index (Phi) is 4.13. The van der Waals surface area contributed by atoms with Crippen molar-refractivity contribution in [1.29, 1.82) is 0 Å². The molecule has 0 radical (unpaired) electrons. The molecule has 0 aliphatic carbocycles. The fourth-order valence-electron chi connectivity index (χ4n) is 2.72. The lowest BCUT2D eigenvalue weighted by atomic mass is 10.1. The summed E-state index contributed by atoms with van der Waals surface area (Å²) < 4.78 is 7.41. The maximum absolute atomic E-state index is 12.4. The first kappa shape index (κ1) is 15.1. The van der Waals surface area contributed by atoms with Crippen LogP contribution in [-0.4, -0.2) is 23.4 Å². The van der Waals surface area contributed by atoms with Crippen molar-refractivity contribution in [3.8, 4) is 0 Å². The van der Waals surface area contributed by atoms with Gasteiger partial charge in [0, 0.05) is 40.7 Å². The second-order valence-electron chi connectivity index (χ2n) is 5.72. The molecule has 2 heterocycles. The lowest BCUT2D eigenvalue weighted by Crippen LogP contribution is -2.21. The number of hydrogen-bond acceptors (Lipinski definition) is 5. The lowest BCUT2D eigenvalue weighted by Gasteiger charge is -2.27. The largest absolute Gasteiger partial charge is 0.356 e. The SMILES string of the molecule is O=C(Nc1ccc2cnoc2c1)c1ccc(N2CCCCS2)cc1. The number of anilines is 2. The van der Waals surface area contributed by atoms with E-state index in [0.29, 0.717) is 16.8 Å². The van der Waals surface area contributed by atoms with Crippen LogP contribution in [0.25, 0.3) is 11.0 Å². The molecule has 1 saturated heterocycles. The van der Waals surface area contributed by atoms with Crippen LogP contribution >= 0.6 is 11.9 Å². The number of aromatic nitrogens is 1. The standard InChI is InChI=1S/C18H17N3O2S/c22-18(20-15-6-3-14-12-19-23-17(14)11-15)13-4-7-16(8-5-13)21-9-1-2-10-24-21/h3-8,11-12H,1-2,9-10H2,(H,20,22). The third kappa shape index (κ3) is 3.10. The third-order valence-electron chi connectivity index (χ3n) is 4.03. The van der Waals surface area contributed by atoms with Gasteiger partial charge in [-0.1, -0.05) is 5.16 Å². The van der Waals surface area contributed by atoms with Crippen LogP contribution in [-0.2, 0) is 0 Å². The molecule has 122 valence electrons. The van der Waals surface area contributed by atoms with E-state index in [2.05, 4.69) is 14.8 Å². The molecular formula is C18H17N3O2S. The Labute approximate surface area is 144 Å². The van der Waals surface area contributed by atoms with E-state index in [1.165, 1.54) is 12.8 Å². The Morgan fingerprint density at radius 3 is 2.83 bits per heavy atom. The Morgan fingerprint density at radius 1 is 1.17 bits per heavy atom. The summed E-state index contributed by atoms with van der Waals surface area (Å²) in [5, 5.41) is 7.55. The number of fused-ring (bicyclic) bond motifs is 1. The first-order valence-electron chi connectivity index (χ1n) is 7.96. The van der Waals surface area contributed by atoms with Crippen LogP contribution in [0.3, 0.4) is 0 Å². The molecular weight excluding hydrogens is 322 g/mol. The summed E-state index contributed by atoms with van der Waals surface area (Å²) in [6, 6.07) is 13.2. The van der Waals surface area contributed by atoms with Gasteiger partial charge in [0.1, 0.15) is 0 Å². The first-order chi connectivity index (χ1) is 11.8. The van der Waals surface area contributed by atoms with Crippen molar-refractivity contribution in [3.05, 3.63) is 54.2 Å². The minimum Gasteiger partial charge on any atom is -0.356 e. The summed E-state index contributed by atoms with van der Waals surface area (Å²) >= 11 is 1.85. The minimum atomic E-state index is -0.133. The molecule has 1 fully saturated rings. The topological polar surface area (TPSA) is 58.4 Å². The molecule has 1 aliphatic heterocycles. The van der Waals surface area contributed by atoms with Gasteiger partial charge in [0.15, 0.2) is 5.58 Å². The molecule has 0 spiro atoms. The number of nitrogens with zero attached hydrogens (tertiary/aromatic N) is 2. The maximum atomic E-state index is 12.4. The molecule has 3 aromatic rings. The van der Waals surface area contributed by atoms with Gasteiger partial charge in [0.2, 0.25) is 0 Å². The Morgan fingerprint density at radius 2 is 2.04 bits per heavy atom. The Bertz CT molecular complexity index is 854. The van der Waals surface area contributed by atoms with E-state index >= 15 is 0 Å². The Balaban J connectivity index is 1.47. The van der Waals surface area contributed by atoms with Gasteiger partial charge in [-0.25, -0.2) is 0 Å². The number of carbonyl (C=O) groups excluding carboxylic acids is 1. The van der Waals surface area contributed by atoms with Crippen molar-refractivity contribution >= 4 is 40.2 Å². The molecule has 0 atom stereocenters. The average Bonchev–Trinajstić information content (AvgIpc) is 3.10. The van der Waals surface area contributed by atoms with E-state index in [1.54, 1.807) is 12.3 Å². The molecule has 0 unspecified atom stereocenters. The number of nitrogens with one attached hydrogen (secondary N) is 1. The van der Waals surface area contributed by atoms with Crippen LogP contribution in [0.1, 0.15) is 23.2 Å². The molecule has 6 heteroatoms. The first-order valence-corrected chi connectivity index (χ1v) is 8.90. The highest BCUT2D eigenvalue weighted by atomic mass is 32.2. The number of hydrogen-bond donors (Lipinski definition) is 1. The predicted octanol–water partition coefficient (Wildman–Crippen LogP) is 4.33. The highest BCUT2D eigenvalue weighted by Gasteiger charge is 2.13. The van der Waals surface area contributed by atoms with Gasteiger partial charge in [-0.3, -0.25) is 4.79 Å². The molecule has 1 amide bonds. The van der Waals surface area contributed by atoms with Gasteiger partial charge in [-0.05, 0) is 61.2 Å². The fourth-order valence-corrected chi connectivity index (χ4v) is 3.80. The third-order valence-corrected chi connectivity index (χ3v) is 5.21. The zero-order valence-corrected chi connectivity index (χ0v) is 13.9. The van der Waals surface area contributed by atoms with Crippen molar-refractivity contribution in [3.63, 3.8) is 0 Å². The number of carbonyl (C=O) groups is 1. The van der Waals surface area contributed by atoms with E-state index in [1.807, 2.05) is 48.3 Å². The fraction of sp³-hybridized carbons (Fsp3) is 0.222. The highest BCUT2D eigenvalue weighted by Crippen LogP contribution is 2.28. The normalized spacial score (nSPS) is 14.8. The summed E-state index contributed by atoms with van der Waals surface area (Å²) in [6.07, 6.45) is 4.15. The van der Waals surface area contributed by atoms with Gasteiger partial charge in [0.05, 0.1) is 6.20 Å². The molecule has 1 aliphatic rings. The van der Waals surface area contributed by atoms with Crippen LogP contribution in [0.4, 0.5) is 11.4 Å². The van der Waals surface area contributed by atoms with Crippen LogP contribution in [0.2, 0.25) is 0 Å². The summed E-state index contributed by atoms with van der Waals surface area (Å²) in [5.74, 6) is 1.03. The average molecular weight is 339 g/mol. The van der Waals surface area contributed by atoms with Crippen LogP contribution in [0, 0.1) is 0 Å². The highest BCUT2D eigenvalue weighted by molar-refractivity contribution is 8.00. The van der Waals surface area contributed by atoms with Gasteiger partial charge >= 0.3 is 0 Å². The quantitative estimate of drug-likeness (QED) is 0.720. The number of amides is 1. The second kappa shape index (κ2) is 6.57. The summed E-state index contributed by atoms with van der Waals surface area (Å²) in [4.78, 5) is 12.4. The van der Waals surface area contributed by atoms with E-state index in [0.717, 1.165) is 23.4 Å². The molecule has 1 aromatic heterocycles. The van der Waals surface area contributed by atoms with Crippen LogP contribution < -0.4 is 9.62 Å².